The number of aromatic amines is 1. The van der Waals surface area contributed by atoms with Crippen molar-refractivity contribution < 1.29 is 98.0 Å². The van der Waals surface area contributed by atoms with E-state index in [1.165, 1.54) is 12.0 Å². The molecule has 8 aromatic heterocycles. The van der Waals surface area contributed by atoms with Crippen molar-refractivity contribution in [2.45, 2.75) is 173 Å². The van der Waals surface area contributed by atoms with Crippen LogP contribution in [0.1, 0.15) is 183 Å². The van der Waals surface area contributed by atoms with Crippen LogP contribution in [-0.4, -0.2) is 109 Å². The second-order valence-electron chi connectivity index (χ2n) is 19.4. The molecule has 26 heteroatoms. The molecule has 0 unspecified atom stereocenters. The molecule has 1 N–H and O–H groups in total. The van der Waals surface area contributed by atoms with Crippen molar-refractivity contribution in [1.29, 1.82) is 0 Å². The predicted octanol–water partition coefficient (Wildman–Crippen LogP) is 13.8. The third-order valence-corrected chi connectivity index (χ3v) is 11.9. The fourth-order valence-electron chi connectivity index (χ4n) is 6.41. The number of rotatable bonds is 9. The molecule has 0 saturated carbocycles. The van der Waals surface area contributed by atoms with Gasteiger partial charge < -0.3 is 62.9 Å². The number of aryl methyl sites for hydroxylation is 10. The van der Waals surface area contributed by atoms with E-state index in [2.05, 4.69) is 107 Å². The number of pyridine rings is 1. The first-order valence-corrected chi connectivity index (χ1v) is 26.0. The largest absolute Gasteiger partial charge is 2.00 e. The van der Waals surface area contributed by atoms with Gasteiger partial charge in [0.25, 0.3) is 17.8 Å². The number of ether oxygens (including phenoxy) is 2. The van der Waals surface area contributed by atoms with Crippen molar-refractivity contribution in [3.8, 4) is 29.6 Å². The summed E-state index contributed by atoms with van der Waals surface area (Å²) in [5.41, 5.74) is 9.97. The van der Waals surface area contributed by atoms with Gasteiger partial charge in [0.1, 0.15) is 28.5 Å². The summed E-state index contributed by atoms with van der Waals surface area (Å²) in [6.07, 6.45) is 1.25. The van der Waals surface area contributed by atoms with Crippen LogP contribution < -0.4 is 9.47 Å². The number of aromatic nitrogens is 19. The minimum Gasteiger partial charge on any atom is -0.481 e. The summed E-state index contributed by atoms with van der Waals surface area (Å²) in [7, 11) is 3.25. The molecule has 0 bridgehead atoms. The van der Waals surface area contributed by atoms with E-state index in [1.807, 2.05) is 145 Å². The van der Waals surface area contributed by atoms with Crippen LogP contribution in [0.4, 0.5) is 0 Å². The van der Waals surface area contributed by atoms with E-state index in [9.17, 15) is 0 Å². The summed E-state index contributed by atoms with van der Waals surface area (Å²) in [4.78, 5) is 47.9. The van der Waals surface area contributed by atoms with Crippen LogP contribution in [0.15, 0.2) is 6.07 Å². The molecule has 0 spiro atoms. The number of nitrogens with one attached hydrogen (secondary N) is 1. The number of halogens is 1. The monoisotopic (exact) mass is 1890 g/mol. The number of nitrogens with zero attached hydrogens (tertiary/aromatic N) is 18. The van der Waals surface area contributed by atoms with Gasteiger partial charge in [-0.05, 0) is 120 Å². The molecule has 0 atom stereocenters. The Labute approximate surface area is 583 Å². The number of H-pyrrole nitrogens is 1. The third-order valence-electron chi connectivity index (χ3n) is 11.6. The van der Waals surface area contributed by atoms with Gasteiger partial charge in [-0.15, -0.1) is 0 Å². The van der Waals surface area contributed by atoms with Crippen molar-refractivity contribution in [2.75, 3.05) is 14.2 Å². The first-order valence-electron chi connectivity index (χ1n) is 25.6. The minimum absolute atomic E-state index is 0. The van der Waals surface area contributed by atoms with Gasteiger partial charge in [0.15, 0.2) is 0 Å². The van der Waals surface area contributed by atoms with Crippen LogP contribution in [-0.2, 0) is 84.3 Å². The Kier molecular flexibility index (Phi) is 46.0. The van der Waals surface area contributed by atoms with E-state index in [4.69, 9.17) is 21.1 Å². The maximum Gasteiger partial charge on any atom is 2.00 e. The van der Waals surface area contributed by atoms with Crippen LogP contribution in [0.5, 0.6) is 11.8 Å². The smallest absolute Gasteiger partial charge is 0.481 e. The second kappa shape index (κ2) is 42.9. The minimum atomic E-state index is 0. The van der Waals surface area contributed by atoms with E-state index >= 15 is 0 Å². The fraction of sp³-hybridized carbons (Fsp3) is 0.450. The summed E-state index contributed by atoms with van der Waals surface area (Å²) in [5, 5.41) is 20.4. The quantitative estimate of drug-likeness (QED) is 0.104. The number of methoxy groups -OCH3 is 2. The van der Waals surface area contributed by atoms with Crippen molar-refractivity contribution in [1.82, 2.24) is 94.4 Å². The topological polar surface area (TPSA) is 242 Å². The Morgan fingerprint density at radius 2 is 0.767 bits per heavy atom. The summed E-state index contributed by atoms with van der Waals surface area (Å²) in [6.45, 7) is 47.3. The van der Waals surface area contributed by atoms with Gasteiger partial charge in [-0.1, -0.05) is 31.9 Å². The maximum atomic E-state index is 6.07. The molecule has 86 heavy (non-hydrogen) atoms. The Morgan fingerprint density at radius 1 is 0.442 bits per heavy atom. The molecule has 0 aliphatic carbocycles. The van der Waals surface area contributed by atoms with Gasteiger partial charge in [-0.3, -0.25) is 5.10 Å². The van der Waals surface area contributed by atoms with E-state index in [0.29, 0.717) is 40.5 Å². The summed E-state index contributed by atoms with van der Waals surface area (Å²) in [5.74, 6) is 13.3. The van der Waals surface area contributed by atoms with Gasteiger partial charge in [-0.2, -0.15) is 99.8 Å². The zero-order valence-electron chi connectivity index (χ0n) is 56.7. The van der Waals surface area contributed by atoms with Crippen molar-refractivity contribution >= 4 is 11.6 Å². The molecule has 0 fully saturated rings. The van der Waals surface area contributed by atoms with Crippen LogP contribution >= 0.6 is 11.6 Å². The molecule has 0 aliphatic heterocycles. The van der Waals surface area contributed by atoms with Crippen molar-refractivity contribution in [3.05, 3.63) is 167 Å². The molecule has 0 amide bonds. The van der Waals surface area contributed by atoms with E-state index in [1.54, 1.807) is 28.3 Å². The van der Waals surface area contributed by atoms with Crippen LogP contribution in [0.3, 0.4) is 0 Å². The molecule has 8 rings (SSSR count). The van der Waals surface area contributed by atoms with Gasteiger partial charge in [0, 0.05) is 66.9 Å². The average Bonchev–Trinajstić information content (AvgIpc) is 4.19. The predicted molar refractivity (Wildman–Crippen MR) is 339 cm³/mol. The van der Waals surface area contributed by atoms with Crippen molar-refractivity contribution in [3.63, 3.8) is 0 Å². The molecule has 0 saturated heterocycles. The first-order chi connectivity index (χ1) is 36.5. The standard InChI is InChI=1S/C13H18N5O.C13H18N5.C12H15ClN5.C9H13NO.C6H10N3.C3H8.4CH3.4W.3H2/c1-7(2)11-15-10(5)18(17-11)13-14-9(4)8(3)12(16-13)19-6;1-7(2)12-16-11(6)18(17-12)13-14-9(4)8(3)10(5)15-13;1-6(2)11-15-9(5)18(17-11)12-14-8(4)7(3)10(13)16-12;1-6-5-7(2)10-9(11-4)8(6)3;1-4(2)6-7-5(3)8-9-6;1-3-2;;;;;;;;;;;/h1-6H3;1-6H3;1-5H3;5H,1-4H3;1-3H3,(H,7,8,9);3H2,1-2H3;4*1H3;;;;;3*1H/q3*-1;;-1;;4*-1;4*+2;;;/i;;;;;;;;;;;;;;3*1+1. The molecular formula is C60H100ClN19O2W4. The van der Waals surface area contributed by atoms with E-state index in [-0.39, 0.29) is 118 Å². The summed E-state index contributed by atoms with van der Waals surface area (Å²) < 4.78 is 15.3. The van der Waals surface area contributed by atoms with Gasteiger partial charge in [-0.25, -0.2) is 44.9 Å². The average molecular weight is 1890 g/mol. The van der Waals surface area contributed by atoms with Gasteiger partial charge in [0.2, 0.25) is 11.8 Å². The first kappa shape index (κ1) is 92.2. The zero-order valence-corrected chi connectivity index (χ0v) is 69.2. The summed E-state index contributed by atoms with van der Waals surface area (Å²) in [6, 6.07) is 2.05. The third kappa shape index (κ3) is 26.0. The van der Waals surface area contributed by atoms with E-state index < -0.39 is 0 Å². The molecular weight excluding hydrogens is 1790 g/mol. The van der Waals surface area contributed by atoms with Gasteiger partial charge in [0.05, 0.1) is 14.2 Å². The molecule has 8 aromatic rings. The second-order valence-corrected chi connectivity index (χ2v) is 19.8. The Balaban J connectivity index is -0.000000125. The molecule has 478 valence electrons. The van der Waals surface area contributed by atoms with E-state index in [0.717, 1.165) is 115 Å². The van der Waals surface area contributed by atoms with Crippen LogP contribution in [0, 0.1) is 150 Å². The van der Waals surface area contributed by atoms with Crippen molar-refractivity contribution in [2.24, 2.45) is 0 Å². The normalized spacial score (nSPS) is 9.34. The SMILES string of the molecule is CCC.COc1nc(-n2nc([C-](C)C)nc2C)nc(C)c1C.COc1nc(C)cc(C)c1C.Cc1n[nH]c([C-](C)C)n1.Cc1nc(-n2nc([C-](C)C)nc2C)nc(C)c1C.Cc1nc(-n2nc([C-](C)C)nc2C)nc(Cl)c1C.[2HH].[2HH].[2HH].[CH3-].[CH3-].[CH3-].[CH3-].[W+2].[W+2].[W+2].[W+2]. The Hall–Kier alpha value is -4.93. The molecule has 21 nitrogen and oxygen atoms in total. The summed E-state index contributed by atoms with van der Waals surface area (Å²) >= 11 is 6.07. The van der Waals surface area contributed by atoms with Crippen LogP contribution in [0.25, 0.3) is 17.8 Å². The Bertz CT molecular complexity index is 3090. The zero-order chi connectivity index (χ0) is 59.0. The fourth-order valence-corrected chi connectivity index (χ4v) is 6.63. The maximum absolute atomic E-state index is 6.07. The number of hydrogen-bond acceptors (Lipinski definition) is 17. The molecule has 0 radical (unpaired) electrons. The van der Waals surface area contributed by atoms with Crippen LogP contribution in [0.2, 0.25) is 5.15 Å². The Morgan fingerprint density at radius 3 is 1.06 bits per heavy atom. The molecule has 0 aliphatic rings. The van der Waals surface area contributed by atoms with Gasteiger partial charge >= 0.3 is 84.3 Å². The molecule has 0 aromatic carbocycles. The number of hydrogen-bond donors (Lipinski definition) is 1. The molecule has 8 heterocycles.